The van der Waals surface area contributed by atoms with E-state index in [4.69, 9.17) is 5.26 Å². The molecule has 1 aliphatic heterocycles. The highest BCUT2D eigenvalue weighted by Crippen LogP contribution is 2.31. The molecule has 96 valence electrons. The first kappa shape index (κ1) is 12.9. The van der Waals surface area contributed by atoms with Crippen molar-refractivity contribution in [3.05, 3.63) is 29.3 Å². The number of hydrogen-bond acceptors (Lipinski definition) is 4. The Balaban J connectivity index is 2.28. The van der Waals surface area contributed by atoms with Crippen LogP contribution < -0.4 is 5.32 Å². The highest BCUT2D eigenvalue weighted by molar-refractivity contribution is 5.38. The lowest BCUT2D eigenvalue weighted by Gasteiger charge is -2.34. The summed E-state index contributed by atoms with van der Waals surface area (Å²) in [7, 11) is 0. The smallest absolute Gasteiger partial charge is 0.120 e. The van der Waals surface area contributed by atoms with Crippen molar-refractivity contribution < 1.29 is 5.11 Å². The van der Waals surface area contributed by atoms with Gasteiger partial charge in [-0.15, -0.1) is 0 Å². The van der Waals surface area contributed by atoms with E-state index in [0.29, 0.717) is 12.2 Å². The molecule has 0 spiro atoms. The van der Waals surface area contributed by atoms with Crippen LogP contribution in [0.1, 0.15) is 23.6 Å². The van der Waals surface area contributed by atoms with Gasteiger partial charge in [-0.05, 0) is 13.0 Å². The van der Waals surface area contributed by atoms with E-state index >= 15 is 0 Å². The molecule has 0 saturated carbocycles. The Kier molecular flexibility index (Phi) is 4.19. The second kappa shape index (κ2) is 5.85. The van der Waals surface area contributed by atoms with Gasteiger partial charge in [-0.1, -0.05) is 17.7 Å². The molecule has 0 aliphatic carbocycles. The number of rotatable bonds is 3. The molecular weight excluding hydrogens is 226 g/mol. The zero-order valence-electron chi connectivity index (χ0n) is 10.7. The van der Waals surface area contributed by atoms with E-state index in [0.717, 1.165) is 37.3 Å². The number of nitrogens with one attached hydrogen (secondary N) is 1. The monoisotopic (exact) mass is 245 g/mol. The van der Waals surface area contributed by atoms with Crippen molar-refractivity contribution in [1.82, 2.24) is 10.2 Å². The molecule has 0 aromatic heterocycles. The lowest BCUT2D eigenvalue weighted by molar-refractivity contribution is 0.173. The largest absolute Gasteiger partial charge is 0.508 e. The van der Waals surface area contributed by atoms with Gasteiger partial charge in [-0.3, -0.25) is 4.90 Å². The summed E-state index contributed by atoms with van der Waals surface area (Å²) in [4.78, 5) is 2.27. The highest BCUT2D eigenvalue weighted by Gasteiger charge is 2.24. The van der Waals surface area contributed by atoms with Gasteiger partial charge >= 0.3 is 0 Å². The van der Waals surface area contributed by atoms with Gasteiger partial charge in [-0.25, -0.2) is 0 Å². The van der Waals surface area contributed by atoms with Crippen molar-refractivity contribution in [2.45, 2.75) is 19.4 Å². The van der Waals surface area contributed by atoms with Crippen LogP contribution in [0.5, 0.6) is 5.75 Å². The zero-order valence-corrected chi connectivity index (χ0v) is 10.7. The molecule has 0 unspecified atom stereocenters. The van der Waals surface area contributed by atoms with Crippen LogP contribution in [0, 0.1) is 18.3 Å². The van der Waals surface area contributed by atoms with Gasteiger partial charge in [0.15, 0.2) is 0 Å². The van der Waals surface area contributed by atoms with Crippen LogP contribution in [0.2, 0.25) is 0 Å². The first-order chi connectivity index (χ1) is 8.72. The third kappa shape index (κ3) is 2.81. The summed E-state index contributed by atoms with van der Waals surface area (Å²) in [5.41, 5.74) is 1.99. The van der Waals surface area contributed by atoms with Gasteiger partial charge in [-0.2, -0.15) is 5.26 Å². The van der Waals surface area contributed by atoms with Crippen molar-refractivity contribution >= 4 is 0 Å². The zero-order chi connectivity index (χ0) is 13.0. The van der Waals surface area contributed by atoms with Crippen molar-refractivity contribution in [3.8, 4) is 11.8 Å². The summed E-state index contributed by atoms with van der Waals surface area (Å²) in [6.45, 7) is 5.71. The van der Waals surface area contributed by atoms with Gasteiger partial charge in [0, 0.05) is 31.7 Å². The first-order valence-electron chi connectivity index (χ1n) is 6.33. The quantitative estimate of drug-likeness (QED) is 0.848. The van der Waals surface area contributed by atoms with E-state index in [9.17, 15) is 5.11 Å². The Hall–Kier alpha value is -1.57. The maximum Gasteiger partial charge on any atom is 0.120 e. The minimum Gasteiger partial charge on any atom is -0.508 e. The van der Waals surface area contributed by atoms with Crippen LogP contribution in [-0.4, -0.2) is 36.2 Å². The standard InChI is InChI=1S/C14H19N3O/c1-11-2-3-14(18)12(10-11)13(4-5-15)17-8-6-16-7-9-17/h2-3,10,13,16,18H,4,6-9H2,1H3/t13-/m1/s1. The van der Waals surface area contributed by atoms with Gasteiger partial charge in [0.05, 0.1) is 18.5 Å². The number of phenolic OH excluding ortho intramolecular Hbond substituents is 1. The molecule has 2 N–H and O–H groups in total. The van der Waals surface area contributed by atoms with Crippen molar-refractivity contribution in [1.29, 1.82) is 5.26 Å². The lowest BCUT2D eigenvalue weighted by atomic mass is 9.99. The van der Waals surface area contributed by atoms with Crippen LogP contribution >= 0.6 is 0 Å². The summed E-state index contributed by atoms with van der Waals surface area (Å²) in [6, 6.07) is 7.83. The summed E-state index contributed by atoms with van der Waals surface area (Å²) in [6.07, 6.45) is 0.414. The lowest BCUT2D eigenvalue weighted by Crippen LogP contribution is -2.45. The number of piperazine rings is 1. The summed E-state index contributed by atoms with van der Waals surface area (Å²) >= 11 is 0. The topological polar surface area (TPSA) is 59.3 Å². The second-order valence-electron chi connectivity index (χ2n) is 4.73. The minimum atomic E-state index is -0.00278. The molecule has 4 heteroatoms. The van der Waals surface area contributed by atoms with Crippen molar-refractivity contribution in [2.75, 3.05) is 26.2 Å². The molecule has 2 rings (SSSR count). The summed E-state index contributed by atoms with van der Waals surface area (Å²) in [5.74, 6) is 0.291. The number of hydrogen-bond donors (Lipinski definition) is 2. The van der Waals surface area contributed by atoms with E-state index < -0.39 is 0 Å². The fraction of sp³-hybridized carbons (Fsp3) is 0.500. The fourth-order valence-electron chi connectivity index (χ4n) is 2.46. The molecular formula is C14H19N3O. The SMILES string of the molecule is Cc1ccc(O)c([C@@H](CC#N)N2CCNCC2)c1. The number of benzene rings is 1. The molecule has 1 fully saturated rings. The normalized spacial score (nSPS) is 18.2. The maximum absolute atomic E-state index is 10.0. The highest BCUT2D eigenvalue weighted by atomic mass is 16.3. The van der Waals surface area contributed by atoms with Crippen LogP contribution in [0.4, 0.5) is 0 Å². The minimum absolute atomic E-state index is 0.00278. The van der Waals surface area contributed by atoms with Crippen molar-refractivity contribution in [3.63, 3.8) is 0 Å². The molecule has 1 saturated heterocycles. The number of nitrogens with zero attached hydrogens (tertiary/aromatic N) is 2. The fourth-order valence-corrected chi connectivity index (χ4v) is 2.46. The van der Waals surface area contributed by atoms with Crippen LogP contribution in [-0.2, 0) is 0 Å². The van der Waals surface area contributed by atoms with Gasteiger partial charge < -0.3 is 10.4 Å². The Labute approximate surface area is 108 Å². The number of phenols is 1. The molecule has 18 heavy (non-hydrogen) atoms. The van der Waals surface area contributed by atoms with E-state index in [1.807, 2.05) is 19.1 Å². The Morgan fingerprint density at radius 3 is 2.83 bits per heavy atom. The van der Waals surface area contributed by atoms with Crippen LogP contribution in [0.3, 0.4) is 0 Å². The summed E-state index contributed by atoms with van der Waals surface area (Å²) in [5, 5.41) is 22.3. The predicted molar refractivity (Wildman–Crippen MR) is 70.3 cm³/mol. The average Bonchev–Trinajstić information content (AvgIpc) is 2.40. The number of nitriles is 1. The third-order valence-electron chi connectivity index (χ3n) is 3.42. The maximum atomic E-state index is 10.0. The predicted octanol–water partition coefficient (Wildman–Crippen LogP) is 1.56. The molecule has 1 aromatic rings. The molecule has 1 heterocycles. The first-order valence-corrected chi connectivity index (χ1v) is 6.33. The molecule has 0 radical (unpaired) electrons. The molecule has 1 atom stereocenters. The molecule has 1 aromatic carbocycles. The molecule has 4 nitrogen and oxygen atoms in total. The van der Waals surface area contributed by atoms with Gasteiger partial charge in [0.2, 0.25) is 0 Å². The van der Waals surface area contributed by atoms with E-state index in [1.54, 1.807) is 6.07 Å². The molecule has 1 aliphatic rings. The molecule has 0 bridgehead atoms. The van der Waals surface area contributed by atoms with Crippen LogP contribution in [0.25, 0.3) is 0 Å². The number of aryl methyl sites for hydroxylation is 1. The average molecular weight is 245 g/mol. The second-order valence-corrected chi connectivity index (χ2v) is 4.73. The van der Waals surface area contributed by atoms with Crippen LogP contribution in [0.15, 0.2) is 18.2 Å². The van der Waals surface area contributed by atoms with Crippen molar-refractivity contribution in [2.24, 2.45) is 0 Å². The third-order valence-corrected chi connectivity index (χ3v) is 3.42. The van der Waals surface area contributed by atoms with E-state index in [-0.39, 0.29) is 6.04 Å². The van der Waals surface area contributed by atoms with Gasteiger partial charge in [0.1, 0.15) is 5.75 Å². The Morgan fingerprint density at radius 2 is 2.17 bits per heavy atom. The van der Waals surface area contributed by atoms with E-state index in [1.165, 1.54) is 0 Å². The molecule has 0 amide bonds. The summed E-state index contributed by atoms with van der Waals surface area (Å²) < 4.78 is 0. The Morgan fingerprint density at radius 1 is 1.44 bits per heavy atom. The Bertz CT molecular complexity index is 447. The van der Waals surface area contributed by atoms with Gasteiger partial charge in [0.25, 0.3) is 0 Å². The van der Waals surface area contributed by atoms with E-state index in [2.05, 4.69) is 16.3 Å². The number of aromatic hydroxyl groups is 1.